The van der Waals surface area contributed by atoms with E-state index < -0.39 is 22.5 Å². The summed E-state index contributed by atoms with van der Waals surface area (Å²) in [6.45, 7) is 0.866. The van der Waals surface area contributed by atoms with Crippen molar-refractivity contribution in [3.8, 4) is 0 Å². The fourth-order valence-corrected chi connectivity index (χ4v) is 4.90. The van der Waals surface area contributed by atoms with Gasteiger partial charge in [0.15, 0.2) is 0 Å². The number of anilines is 3. The highest BCUT2D eigenvalue weighted by Gasteiger charge is 2.28. The Kier molecular flexibility index (Phi) is 7.40. The van der Waals surface area contributed by atoms with Crippen LogP contribution in [-0.4, -0.2) is 26.8 Å². The van der Waals surface area contributed by atoms with Gasteiger partial charge in [0.05, 0.1) is 15.6 Å². The van der Waals surface area contributed by atoms with Gasteiger partial charge in [0.2, 0.25) is 11.8 Å². The Morgan fingerprint density at radius 2 is 1.47 bits per heavy atom. The largest absolute Gasteiger partial charge is 0.326 e. The van der Waals surface area contributed by atoms with Gasteiger partial charge in [-0.25, -0.2) is 8.42 Å². The molecule has 0 spiro atoms. The van der Waals surface area contributed by atoms with Crippen molar-refractivity contribution in [3.05, 3.63) is 82.8 Å². The first kappa shape index (κ1) is 23.6. The SMILES string of the molecule is CC(=O)Nc1ccc(NC(=O)CN(c2ccc(Cl)cc2Cl)S(=O)(=O)c2ccccc2)cc1. The van der Waals surface area contributed by atoms with Crippen LogP contribution in [0.5, 0.6) is 0 Å². The molecule has 0 bridgehead atoms. The lowest BCUT2D eigenvalue weighted by Gasteiger charge is -2.25. The summed E-state index contributed by atoms with van der Waals surface area (Å²) in [5, 5.41) is 5.69. The van der Waals surface area contributed by atoms with Gasteiger partial charge < -0.3 is 10.6 Å². The molecule has 0 fully saturated rings. The average Bonchev–Trinajstić information content (AvgIpc) is 2.74. The first-order chi connectivity index (χ1) is 15.2. The van der Waals surface area contributed by atoms with E-state index in [-0.39, 0.29) is 21.5 Å². The number of rotatable bonds is 7. The van der Waals surface area contributed by atoms with Crippen molar-refractivity contribution in [1.29, 1.82) is 0 Å². The fraction of sp³-hybridized carbons (Fsp3) is 0.0909. The number of carbonyl (C=O) groups excluding carboxylic acids is 2. The first-order valence-electron chi connectivity index (χ1n) is 9.37. The second-order valence-corrected chi connectivity index (χ2v) is 9.43. The van der Waals surface area contributed by atoms with Crippen LogP contribution in [0.4, 0.5) is 17.1 Å². The summed E-state index contributed by atoms with van der Waals surface area (Å²) < 4.78 is 27.6. The highest BCUT2D eigenvalue weighted by molar-refractivity contribution is 7.92. The van der Waals surface area contributed by atoms with E-state index in [4.69, 9.17) is 23.2 Å². The number of carbonyl (C=O) groups is 2. The summed E-state index contributed by atoms with van der Waals surface area (Å²) in [6, 6.07) is 18.5. The molecule has 10 heteroatoms. The summed E-state index contributed by atoms with van der Waals surface area (Å²) in [4.78, 5) is 23.9. The fourth-order valence-electron chi connectivity index (χ4n) is 2.87. The number of hydrogen-bond acceptors (Lipinski definition) is 4. The Labute approximate surface area is 196 Å². The smallest absolute Gasteiger partial charge is 0.264 e. The molecule has 0 atom stereocenters. The highest BCUT2D eigenvalue weighted by atomic mass is 35.5. The van der Waals surface area contributed by atoms with Crippen LogP contribution in [0.3, 0.4) is 0 Å². The Morgan fingerprint density at radius 1 is 0.875 bits per heavy atom. The zero-order valence-electron chi connectivity index (χ0n) is 16.9. The highest BCUT2D eigenvalue weighted by Crippen LogP contribution is 2.32. The molecule has 0 aliphatic rings. The van der Waals surface area contributed by atoms with E-state index in [0.29, 0.717) is 16.4 Å². The van der Waals surface area contributed by atoms with Gasteiger partial charge in [0.1, 0.15) is 6.54 Å². The van der Waals surface area contributed by atoms with Crippen molar-refractivity contribution in [2.45, 2.75) is 11.8 Å². The topological polar surface area (TPSA) is 95.6 Å². The lowest BCUT2D eigenvalue weighted by Crippen LogP contribution is -2.38. The number of nitrogens with zero attached hydrogens (tertiary/aromatic N) is 1. The van der Waals surface area contributed by atoms with Crippen molar-refractivity contribution < 1.29 is 18.0 Å². The van der Waals surface area contributed by atoms with Crippen LogP contribution >= 0.6 is 23.2 Å². The number of amides is 2. The summed E-state index contributed by atoms with van der Waals surface area (Å²) in [6.07, 6.45) is 0. The van der Waals surface area contributed by atoms with Crippen molar-refractivity contribution in [3.63, 3.8) is 0 Å². The van der Waals surface area contributed by atoms with Crippen molar-refractivity contribution in [2.75, 3.05) is 21.5 Å². The normalized spacial score (nSPS) is 11.0. The minimum Gasteiger partial charge on any atom is -0.326 e. The molecule has 0 aromatic heterocycles. The van der Waals surface area contributed by atoms with Crippen molar-refractivity contribution >= 4 is 62.1 Å². The van der Waals surface area contributed by atoms with Crippen LogP contribution in [0.1, 0.15) is 6.92 Å². The van der Waals surface area contributed by atoms with E-state index >= 15 is 0 Å². The molecule has 0 aliphatic carbocycles. The molecule has 2 N–H and O–H groups in total. The molecule has 166 valence electrons. The Hall–Kier alpha value is -3.07. The van der Waals surface area contributed by atoms with E-state index in [1.165, 1.54) is 37.3 Å². The van der Waals surface area contributed by atoms with E-state index in [0.717, 1.165) is 4.31 Å². The monoisotopic (exact) mass is 491 g/mol. The zero-order valence-corrected chi connectivity index (χ0v) is 19.2. The second-order valence-electron chi connectivity index (χ2n) is 6.73. The van der Waals surface area contributed by atoms with Gasteiger partial charge in [-0.1, -0.05) is 41.4 Å². The molecule has 32 heavy (non-hydrogen) atoms. The van der Waals surface area contributed by atoms with Crippen molar-refractivity contribution in [1.82, 2.24) is 0 Å². The van der Waals surface area contributed by atoms with Crippen LogP contribution in [0.15, 0.2) is 77.7 Å². The summed E-state index contributed by atoms with van der Waals surface area (Å²) in [5.41, 5.74) is 1.12. The molecule has 0 aliphatic heterocycles. The molecule has 3 aromatic rings. The maximum Gasteiger partial charge on any atom is 0.264 e. The van der Waals surface area contributed by atoms with Gasteiger partial charge in [0, 0.05) is 23.3 Å². The molecule has 3 aromatic carbocycles. The summed E-state index contributed by atoms with van der Waals surface area (Å²) in [5.74, 6) is -0.800. The molecule has 3 rings (SSSR count). The Balaban J connectivity index is 1.89. The van der Waals surface area contributed by atoms with E-state index in [1.807, 2.05) is 0 Å². The molecule has 0 heterocycles. The van der Waals surface area contributed by atoms with Crippen LogP contribution in [0, 0.1) is 0 Å². The maximum atomic E-state index is 13.3. The molecule has 2 amide bonds. The van der Waals surface area contributed by atoms with Crippen LogP contribution < -0.4 is 14.9 Å². The quantitative estimate of drug-likeness (QED) is 0.496. The number of benzene rings is 3. The van der Waals surface area contributed by atoms with E-state index in [2.05, 4.69) is 10.6 Å². The number of hydrogen-bond donors (Lipinski definition) is 2. The molecular formula is C22H19Cl2N3O4S. The van der Waals surface area contributed by atoms with Gasteiger partial charge in [-0.15, -0.1) is 0 Å². The van der Waals surface area contributed by atoms with E-state index in [1.54, 1.807) is 42.5 Å². The first-order valence-corrected chi connectivity index (χ1v) is 11.6. The predicted molar refractivity (Wildman–Crippen MR) is 127 cm³/mol. The summed E-state index contributed by atoms with van der Waals surface area (Å²) >= 11 is 12.2. The van der Waals surface area contributed by atoms with Crippen LogP contribution in [-0.2, 0) is 19.6 Å². The Morgan fingerprint density at radius 3 is 2.03 bits per heavy atom. The standard InChI is InChI=1S/C22H19Cl2N3O4S/c1-15(28)25-17-8-10-18(11-9-17)26-22(29)14-27(21-12-7-16(23)13-20(21)24)32(30,31)19-5-3-2-4-6-19/h2-13H,14H2,1H3,(H,25,28)(H,26,29). The Bertz CT molecular complexity index is 1230. The third kappa shape index (κ3) is 5.79. The lowest BCUT2D eigenvalue weighted by atomic mass is 10.2. The maximum absolute atomic E-state index is 13.3. The van der Waals surface area contributed by atoms with Gasteiger partial charge >= 0.3 is 0 Å². The van der Waals surface area contributed by atoms with Gasteiger partial charge in [-0.3, -0.25) is 13.9 Å². The predicted octanol–water partition coefficient (Wildman–Crippen LogP) is 4.79. The number of sulfonamides is 1. The average molecular weight is 492 g/mol. The third-order valence-corrected chi connectivity index (χ3v) is 6.60. The van der Waals surface area contributed by atoms with Gasteiger partial charge in [-0.05, 0) is 54.6 Å². The lowest BCUT2D eigenvalue weighted by molar-refractivity contribution is -0.115. The van der Waals surface area contributed by atoms with E-state index in [9.17, 15) is 18.0 Å². The van der Waals surface area contributed by atoms with Crippen LogP contribution in [0.25, 0.3) is 0 Å². The molecule has 0 unspecified atom stereocenters. The van der Waals surface area contributed by atoms with Crippen LogP contribution in [0.2, 0.25) is 10.0 Å². The molecule has 7 nitrogen and oxygen atoms in total. The summed E-state index contributed by atoms with van der Waals surface area (Å²) in [7, 11) is -4.10. The third-order valence-electron chi connectivity index (χ3n) is 4.29. The van der Waals surface area contributed by atoms with Gasteiger partial charge in [-0.2, -0.15) is 0 Å². The minimum atomic E-state index is -4.10. The number of halogens is 2. The minimum absolute atomic E-state index is 0.0125. The van der Waals surface area contributed by atoms with Gasteiger partial charge in [0.25, 0.3) is 10.0 Å². The molecule has 0 saturated heterocycles. The zero-order chi connectivity index (χ0) is 23.3. The molecular weight excluding hydrogens is 473 g/mol. The number of nitrogens with one attached hydrogen (secondary N) is 2. The molecule has 0 radical (unpaired) electrons. The van der Waals surface area contributed by atoms with Crippen molar-refractivity contribution in [2.24, 2.45) is 0 Å². The molecule has 0 saturated carbocycles. The second kappa shape index (κ2) is 10.0.